The monoisotopic (exact) mass is 373 g/mol. The molecular weight excluding hydrogens is 356 g/mol. The van der Waals surface area contributed by atoms with Crippen LogP contribution in [0.3, 0.4) is 0 Å². The lowest BCUT2D eigenvalue weighted by Crippen LogP contribution is -2.39. The Kier molecular flexibility index (Phi) is 4.73. The Hall–Kier alpha value is -1.94. The zero-order chi connectivity index (χ0) is 19.2. The highest BCUT2D eigenvalue weighted by Crippen LogP contribution is 2.39. The molecule has 1 aliphatic rings. The van der Waals surface area contributed by atoms with Crippen LogP contribution in [0.15, 0.2) is 6.07 Å². The summed E-state index contributed by atoms with van der Waals surface area (Å²) in [6, 6.07) is -0.0500. The molecule has 1 saturated heterocycles. The highest BCUT2D eigenvalue weighted by Gasteiger charge is 2.45. The number of carbonyl (C=O) groups is 1. The standard InChI is InChI=1S/C14H17F6N3O2/c1-12(2,3)25-11(24)22-6-4-5-10(22)23-9(14(18,19)20)7-8(21-23)13(15,16)17/h7,10H,4-6H2,1-3H3. The number of hydrogen-bond donors (Lipinski definition) is 0. The van der Waals surface area contributed by atoms with E-state index in [0.717, 1.165) is 4.90 Å². The highest BCUT2D eigenvalue weighted by atomic mass is 19.4. The first kappa shape index (κ1) is 19.4. The van der Waals surface area contributed by atoms with Crippen LogP contribution in [0.4, 0.5) is 31.1 Å². The average molecular weight is 373 g/mol. The van der Waals surface area contributed by atoms with Crippen LogP contribution >= 0.6 is 0 Å². The predicted molar refractivity (Wildman–Crippen MR) is 73.4 cm³/mol. The van der Waals surface area contributed by atoms with Crippen molar-refractivity contribution in [2.45, 2.75) is 57.7 Å². The molecule has 0 aliphatic carbocycles. The Morgan fingerprint density at radius 2 is 1.76 bits per heavy atom. The van der Waals surface area contributed by atoms with Gasteiger partial charge in [0.1, 0.15) is 17.5 Å². The lowest BCUT2D eigenvalue weighted by molar-refractivity contribution is -0.146. The molecule has 0 spiro atoms. The van der Waals surface area contributed by atoms with Crippen molar-refractivity contribution in [1.29, 1.82) is 0 Å². The first-order valence-corrected chi connectivity index (χ1v) is 7.44. The summed E-state index contributed by atoms with van der Waals surface area (Å²) in [5.74, 6) is 0. The zero-order valence-corrected chi connectivity index (χ0v) is 13.7. The molecule has 5 nitrogen and oxygen atoms in total. The minimum absolute atomic E-state index is 0.0430. The van der Waals surface area contributed by atoms with Crippen molar-refractivity contribution in [3.05, 3.63) is 17.5 Å². The molecule has 1 aromatic heterocycles. The maximum absolute atomic E-state index is 13.1. The van der Waals surface area contributed by atoms with Crippen LogP contribution in [0, 0.1) is 0 Å². The maximum Gasteiger partial charge on any atom is 0.435 e. The molecule has 0 N–H and O–H groups in total. The van der Waals surface area contributed by atoms with E-state index in [2.05, 4.69) is 5.10 Å². The third kappa shape index (κ3) is 4.37. The fourth-order valence-electron chi connectivity index (χ4n) is 2.51. The van der Waals surface area contributed by atoms with E-state index in [1.165, 1.54) is 0 Å². The molecule has 25 heavy (non-hydrogen) atoms. The molecule has 2 rings (SSSR count). The molecule has 0 radical (unpaired) electrons. The second-order valence-corrected chi connectivity index (χ2v) is 6.65. The van der Waals surface area contributed by atoms with Crippen LogP contribution in [0.2, 0.25) is 0 Å². The number of ether oxygens (including phenoxy) is 1. The van der Waals surface area contributed by atoms with E-state index in [4.69, 9.17) is 4.74 Å². The molecule has 1 aliphatic heterocycles. The molecule has 1 amide bonds. The van der Waals surface area contributed by atoms with Crippen molar-refractivity contribution in [3.63, 3.8) is 0 Å². The first-order chi connectivity index (χ1) is 11.2. The van der Waals surface area contributed by atoms with Crippen molar-refractivity contribution >= 4 is 6.09 Å². The van der Waals surface area contributed by atoms with Crippen LogP contribution in [-0.2, 0) is 17.1 Å². The van der Waals surface area contributed by atoms with Gasteiger partial charge in [-0.2, -0.15) is 31.4 Å². The van der Waals surface area contributed by atoms with E-state index in [1.807, 2.05) is 0 Å². The van der Waals surface area contributed by atoms with Crippen LogP contribution in [0.5, 0.6) is 0 Å². The number of alkyl halides is 6. The Balaban J connectivity index is 2.42. The fraction of sp³-hybridized carbons (Fsp3) is 0.714. The van der Waals surface area contributed by atoms with Crippen LogP contribution in [0.1, 0.15) is 51.2 Å². The summed E-state index contributed by atoms with van der Waals surface area (Å²) in [5.41, 5.74) is -4.10. The minimum Gasteiger partial charge on any atom is -0.444 e. The van der Waals surface area contributed by atoms with Crippen molar-refractivity contribution in [3.8, 4) is 0 Å². The minimum atomic E-state index is -5.04. The Morgan fingerprint density at radius 1 is 1.16 bits per heavy atom. The fourth-order valence-corrected chi connectivity index (χ4v) is 2.51. The van der Waals surface area contributed by atoms with Gasteiger partial charge in [0.25, 0.3) is 0 Å². The maximum atomic E-state index is 13.1. The van der Waals surface area contributed by atoms with Gasteiger partial charge in [-0.1, -0.05) is 0 Å². The lowest BCUT2D eigenvalue weighted by Gasteiger charge is -2.29. The van der Waals surface area contributed by atoms with Crippen molar-refractivity contribution < 1.29 is 35.9 Å². The third-order valence-electron chi connectivity index (χ3n) is 3.45. The van der Waals surface area contributed by atoms with Gasteiger partial charge in [-0.25, -0.2) is 9.48 Å². The Morgan fingerprint density at radius 3 is 2.24 bits per heavy atom. The average Bonchev–Trinajstić information content (AvgIpc) is 3.01. The number of hydrogen-bond acceptors (Lipinski definition) is 3. The number of likely N-dealkylation sites (tertiary alicyclic amines) is 1. The summed E-state index contributed by atoms with van der Waals surface area (Å²) in [6.07, 6.45) is -11.9. The van der Waals surface area contributed by atoms with Crippen LogP contribution in [0.25, 0.3) is 0 Å². The summed E-state index contributed by atoms with van der Waals surface area (Å²) < 4.78 is 83.1. The van der Waals surface area contributed by atoms with Gasteiger partial charge < -0.3 is 4.74 Å². The van der Waals surface area contributed by atoms with Gasteiger partial charge in [0.05, 0.1) is 0 Å². The summed E-state index contributed by atoms with van der Waals surface area (Å²) in [6.45, 7) is 4.80. The van der Waals surface area contributed by atoms with Gasteiger partial charge in [0, 0.05) is 12.6 Å². The van der Waals surface area contributed by atoms with Gasteiger partial charge in [-0.3, -0.25) is 4.90 Å². The van der Waals surface area contributed by atoms with E-state index in [-0.39, 0.29) is 23.7 Å². The zero-order valence-electron chi connectivity index (χ0n) is 13.7. The summed E-state index contributed by atoms with van der Waals surface area (Å²) in [4.78, 5) is 13.1. The van der Waals surface area contributed by atoms with E-state index in [1.54, 1.807) is 20.8 Å². The van der Waals surface area contributed by atoms with Crippen molar-refractivity contribution in [2.75, 3.05) is 6.54 Å². The molecule has 1 unspecified atom stereocenters. The van der Waals surface area contributed by atoms with E-state index in [0.29, 0.717) is 6.42 Å². The molecule has 11 heteroatoms. The number of carbonyl (C=O) groups excluding carboxylic acids is 1. The normalized spacial score (nSPS) is 19.4. The molecule has 1 atom stereocenters. The van der Waals surface area contributed by atoms with Gasteiger partial charge >= 0.3 is 18.4 Å². The van der Waals surface area contributed by atoms with E-state index in [9.17, 15) is 31.1 Å². The second-order valence-electron chi connectivity index (χ2n) is 6.65. The van der Waals surface area contributed by atoms with Gasteiger partial charge in [-0.15, -0.1) is 0 Å². The largest absolute Gasteiger partial charge is 0.444 e. The van der Waals surface area contributed by atoms with E-state index < -0.39 is 41.6 Å². The van der Waals surface area contributed by atoms with Gasteiger partial charge in [0.15, 0.2) is 5.69 Å². The number of amides is 1. The van der Waals surface area contributed by atoms with E-state index >= 15 is 0 Å². The summed E-state index contributed by atoms with van der Waals surface area (Å²) in [7, 11) is 0. The molecule has 0 saturated carbocycles. The summed E-state index contributed by atoms with van der Waals surface area (Å²) in [5, 5.41) is 3.08. The quantitative estimate of drug-likeness (QED) is 0.684. The van der Waals surface area contributed by atoms with Crippen LogP contribution in [-0.4, -0.2) is 32.9 Å². The Labute approximate surface area is 139 Å². The Bertz CT molecular complexity index is 644. The molecule has 142 valence electrons. The van der Waals surface area contributed by atoms with Crippen LogP contribution < -0.4 is 0 Å². The predicted octanol–water partition coefficient (Wildman–Crippen LogP) is 4.45. The topological polar surface area (TPSA) is 47.4 Å². The third-order valence-corrected chi connectivity index (χ3v) is 3.45. The van der Waals surface area contributed by atoms with Crippen molar-refractivity contribution in [2.24, 2.45) is 0 Å². The van der Waals surface area contributed by atoms with Gasteiger partial charge in [0.2, 0.25) is 0 Å². The molecule has 1 fully saturated rings. The number of halogens is 6. The highest BCUT2D eigenvalue weighted by molar-refractivity contribution is 5.68. The lowest BCUT2D eigenvalue weighted by atomic mass is 10.2. The first-order valence-electron chi connectivity index (χ1n) is 7.44. The number of rotatable bonds is 1. The SMILES string of the molecule is CC(C)(C)OC(=O)N1CCCC1n1nc(C(F)(F)F)cc1C(F)(F)F. The van der Waals surface area contributed by atoms with Gasteiger partial charge in [-0.05, 0) is 33.6 Å². The second kappa shape index (κ2) is 6.10. The number of aromatic nitrogens is 2. The smallest absolute Gasteiger partial charge is 0.435 e. The molecule has 0 aromatic carbocycles. The molecule has 1 aromatic rings. The molecule has 2 heterocycles. The summed E-state index contributed by atoms with van der Waals surface area (Å²) >= 11 is 0. The molecule has 0 bridgehead atoms. The number of nitrogens with zero attached hydrogens (tertiary/aromatic N) is 3. The molecular formula is C14H17F6N3O2. The van der Waals surface area contributed by atoms with Crippen molar-refractivity contribution in [1.82, 2.24) is 14.7 Å².